The molecule has 1 amide bonds. The van der Waals surface area contributed by atoms with Gasteiger partial charge in [0.25, 0.3) is 0 Å². The Balaban J connectivity index is 2.25. The number of rotatable bonds is 13. The summed E-state index contributed by atoms with van der Waals surface area (Å²) in [5, 5.41) is 25.0. The van der Waals surface area contributed by atoms with Crippen LogP contribution in [0.3, 0.4) is 0 Å². The van der Waals surface area contributed by atoms with Gasteiger partial charge in [0.2, 0.25) is 10.0 Å². The molecule has 33 heavy (non-hydrogen) atoms. The normalized spacial score (nSPS) is 13.5. The van der Waals surface area contributed by atoms with Crippen molar-refractivity contribution >= 4 is 16.1 Å². The number of sulfonamides is 1. The van der Waals surface area contributed by atoms with E-state index < -0.39 is 28.3 Å². The van der Waals surface area contributed by atoms with E-state index in [1.54, 1.807) is 24.3 Å². The molecule has 0 radical (unpaired) electrons. The fraction of sp³-hybridized carbons (Fsp3) is 0.409. The fourth-order valence-electron chi connectivity index (χ4n) is 3.38. The van der Waals surface area contributed by atoms with Crippen LogP contribution in [-0.2, 0) is 23.0 Å². The SMILES string of the molecule is CC(C)CN(C[C@H](O)[C@H](Cc1ccccc1)NC(=O)O)S(=O)(=O)c1ccc(CNN=O)cc1. The van der Waals surface area contributed by atoms with Crippen LogP contribution in [0.1, 0.15) is 25.0 Å². The maximum absolute atomic E-state index is 13.3. The minimum Gasteiger partial charge on any atom is -0.465 e. The van der Waals surface area contributed by atoms with Gasteiger partial charge in [0.05, 0.1) is 23.6 Å². The first kappa shape index (κ1) is 26.2. The van der Waals surface area contributed by atoms with E-state index in [-0.39, 0.29) is 36.9 Å². The average Bonchev–Trinajstić information content (AvgIpc) is 2.77. The molecule has 0 saturated carbocycles. The molecule has 0 aliphatic rings. The van der Waals surface area contributed by atoms with Gasteiger partial charge in [-0.15, -0.1) is 4.91 Å². The van der Waals surface area contributed by atoms with Gasteiger partial charge < -0.3 is 15.5 Å². The summed E-state index contributed by atoms with van der Waals surface area (Å²) in [6.07, 6.45) is -2.38. The minimum atomic E-state index is -3.97. The lowest BCUT2D eigenvalue weighted by atomic mass is 10.0. The fourth-order valence-corrected chi connectivity index (χ4v) is 5.00. The van der Waals surface area contributed by atoms with Gasteiger partial charge in [-0.2, -0.15) is 4.31 Å². The molecule has 0 spiro atoms. The molecule has 2 aromatic carbocycles. The van der Waals surface area contributed by atoms with Crippen LogP contribution in [0.5, 0.6) is 0 Å². The molecule has 0 aliphatic carbocycles. The van der Waals surface area contributed by atoms with E-state index in [4.69, 9.17) is 0 Å². The molecule has 0 saturated heterocycles. The predicted octanol–water partition coefficient (Wildman–Crippen LogP) is 2.34. The zero-order chi connectivity index (χ0) is 24.4. The van der Waals surface area contributed by atoms with Crippen molar-refractivity contribution in [2.24, 2.45) is 11.2 Å². The summed E-state index contributed by atoms with van der Waals surface area (Å²) in [6, 6.07) is 14.1. The van der Waals surface area contributed by atoms with Crippen LogP contribution in [0.15, 0.2) is 64.8 Å². The second-order valence-corrected chi connectivity index (χ2v) is 10.0. The molecule has 2 rings (SSSR count). The van der Waals surface area contributed by atoms with Crippen molar-refractivity contribution in [2.45, 2.75) is 43.9 Å². The third kappa shape index (κ3) is 8.12. The molecule has 0 aliphatic heterocycles. The Morgan fingerprint density at radius 3 is 2.21 bits per heavy atom. The highest BCUT2D eigenvalue weighted by Crippen LogP contribution is 2.20. The van der Waals surface area contributed by atoms with Crippen molar-refractivity contribution in [3.8, 4) is 0 Å². The van der Waals surface area contributed by atoms with Gasteiger partial charge in [-0.1, -0.05) is 56.3 Å². The van der Waals surface area contributed by atoms with Gasteiger partial charge in [0.1, 0.15) is 0 Å². The molecule has 10 nitrogen and oxygen atoms in total. The number of nitroso groups, excluding NO2 is 1. The number of benzene rings is 2. The Morgan fingerprint density at radius 1 is 1.03 bits per heavy atom. The highest BCUT2D eigenvalue weighted by atomic mass is 32.2. The quantitative estimate of drug-likeness (QED) is 0.255. The summed E-state index contributed by atoms with van der Waals surface area (Å²) in [5.74, 6) is -0.0332. The van der Waals surface area contributed by atoms with E-state index in [1.807, 2.05) is 32.0 Å². The molecular formula is C22H30N4O6S. The summed E-state index contributed by atoms with van der Waals surface area (Å²) in [7, 11) is -3.97. The van der Waals surface area contributed by atoms with Gasteiger partial charge in [-0.05, 0) is 35.6 Å². The largest absolute Gasteiger partial charge is 0.465 e. The smallest absolute Gasteiger partial charge is 0.404 e. The second kappa shape index (κ2) is 12.3. The van der Waals surface area contributed by atoms with E-state index in [2.05, 4.69) is 16.0 Å². The van der Waals surface area contributed by atoms with E-state index >= 15 is 0 Å². The van der Waals surface area contributed by atoms with Crippen LogP contribution in [0.25, 0.3) is 0 Å². The first-order valence-corrected chi connectivity index (χ1v) is 11.9. The zero-order valence-electron chi connectivity index (χ0n) is 18.6. The first-order chi connectivity index (χ1) is 15.6. The lowest BCUT2D eigenvalue weighted by Crippen LogP contribution is -2.50. The number of carboxylic acid groups (broad SMARTS) is 1. The first-order valence-electron chi connectivity index (χ1n) is 10.5. The summed E-state index contributed by atoms with van der Waals surface area (Å²) in [6.45, 7) is 3.74. The molecule has 2 aromatic rings. The maximum Gasteiger partial charge on any atom is 0.404 e. The standard InChI is InChI=1S/C22H30N4O6S/c1-16(2)14-26(33(31,32)19-10-8-18(9-11-19)13-23-25-30)15-21(27)20(24-22(28)29)12-17-6-4-3-5-7-17/h3-11,16,20-21,24,27H,12-15H2,1-2H3,(H,23,30)(H,28,29)/t20-,21-/m0/s1. The van der Waals surface area contributed by atoms with Gasteiger partial charge in [-0.3, -0.25) is 5.43 Å². The molecule has 11 heteroatoms. The second-order valence-electron chi connectivity index (χ2n) is 8.10. The molecular weight excluding hydrogens is 448 g/mol. The molecule has 4 N–H and O–H groups in total. The van der Waals surface area contributed by atoms with Gasteiger partial charge in [0.15, 0.2) is 0 Å². The average molecular weight is 479 g/mol. The maximum atomic E-state index is 13.3. The van der Waals surface area contributed by atoms with Crippen LogP contribution in [0, 0.1) is 10.8 Å². The Morgan fingerprint density at radius 2 is 1.67 bits per heavy atom. The van der Waals surface area contributed by atoms with Crippen LogP contribution < -0.4 is 10.7 Å². The van der Waals surface area contributed by atoms with Crippen LogP contribution in [0.4, 0.5) is 4.79 Å². The van der Waals surface area contributed by atoms with Crippen molar-refractivity contribution in [2.75, 3.05) is 13.1 Å². The van der Waals surface area contributed by atoms with Gasteiger partial charge in [-0.25, -0.2) is 13.2 Å². The van der Waals surface area contributed by atoms with E-state index in [0.717, 1.165) is 5.56 Å². The van der Waals surface area contributed by atoms with Crippen molar-refractivity contribution in [3.63, 3.8) is 0 Å². The number of hydrogen-bond donors (Lipinski definition) is 4. The number of amides is 1. The number of hydrogen-bond acceptors (Lipinski definition) is 6. The van der Waals surface area contributed by atoms with Gasteiger partial charge >= 0.3 is 6.09 Å². The number of nitrogens with zero attached hydrogens (tertiary/aromatic N) is 2. The topological polar surface area (TPSA) is 148 Å². The minimum absolute atomic E-state index is 0.0314. The monoisotopic (exact) mass is 478 g/mol. The molecule has 0 unspecified atom stereocenters. The van der Waals surface area contributed by atoms with Crippen molar-refractivity contribution in [1.82, 2.24) is 15.0 Å². The molecule has 0 bridgehead atoms. The lowest BCUT2D eigenvalue weighted by Gasteiger charge is -2.30. The van der Waals surface area contributed by atoms with Crippen LogP contribution >= 0.6 is 0 Å². The summed E-state index contributed by atoms with van der Waals surface area (Å²) >= 11 is 0. The van der Waals surface area contributed by atoms with Gasteiger partial charge in [0, 0.05) is 18.4 Å². The third-order valence-electron chi connectivity index (χ3n) is 4.94. The van der Waals surface area contributed by atoms with Crippen LogP contribution in [0.2, 0.25) is 0 Å². The highest BCUT2D eigenvalue weighted by Gasteiger charge is 2.31. The summed E-state index contributed by atoms with van der Waals surface area (Å²) in [5.41, 5.74) is 3.75. The highest BCUT2D eigenvalue weighted by molar-refractivity contribution is 7.89. The molecule has 0 heterocycles. The molecule has 0 aromatic heterocycles. The Kier molecular flexibility index (Phi) is 9.76. The number of nitrogens with one attached hydrogen (secondary N) is 2. The van der Waals surface area contributed by atoms with E-state index in [1.165, 1.54) is 16.4 Å². The Labute approximate surface area is 193 Å². The van der Waals surface area contributed by atoms with Crippen molar-refractivity contribution < 1.29 is 23.4 Å². The van der Waals surface area contributed by atoms with E-state index in [9.17, 15) is 28.3 Å². The molecule has 2 atom stereocenters. The zero-order valence-corrected chi connectivity index (χ0v) is 19.4. The lowest BCUT2D eigenvalue weighted by molar-refractivity contribution is 0.0980. The summed E-state index contributed by atoms with van der Waals surface area (Å²) in [4.78, 5) is 21.5. The summed E-state index contributed by atoms with van der Waals surface area (Å²) < 4.78 is 27.8. The number of aliphatic hydroxyl groups is 1. The molecule has 180 valence electrons. The Bertz CT molecular complexity index is 999. The van der Waals surface area contributed by atoms with Crippen molar-refractivity contribution in [1.29, 1.82) is 0 Å². The van der Waals surface area contributed by atoms with Crippen molar-refractivity contribution in [3.05, 3.63) is 70.6 Å². The number of carbonyl (C=O) groups is 1. The molecule has 0 fully saturated rings. The Hall–Kier alpha value is -3.02. The van der Waals surface area contributed by atoms with E-state index in [0.29, 0.717) is 5.56 Å². The van der Waals surface area contributed by atoms with Crippen LogP contribution in [-0.4, -0.2) is 54.3 Å². The number of aliphatic hydroxyl groups excluding tert-OH is 1. The predicted molar refractivity (Wildman–Crippen MR) is 124 cm³/mol. The third-order valence-corrected chi connectivity index (χ3v) is 6.79.